The number of carboxylic acids is 1. The van der Waals surface area contributed by atoms with Crippen molar-refractivity contribution in [3.63, 3.8) is 0 Å². The van der Waals surface area contributed by atoms with Crippen molar-refractivity contribution >= 4 is 5.97 Å². The van der Waals surface area contributed by atoms with Gasteiger partial charge in [-0.05, 0) is 30.2 Å². The molecule has 4 nitrogen and oxygen atoms in total. The van der Waals surface area contributed by atoms with E-state index in [9.17, 15) is 4.79 Å². The number of nitrogens with one attached hydrogen (secondary N) is 1. The van der Waals surface area contributed by atoms with E-state index >= 15 is 0 Å². The number of hydrogen-bond donors (Lipinski definition) is 2. The number of hydrogen-bond acceptors (Lipinski definition) is 3. The van der Waals surface area contributed by atoms with Gasteiger partial charge in [-0.25, -0.2) is 0 Å². The minimum atomic E-state index is -0.738. The highest BCUT2D eigenvalue weighted by atomic mass is 16.4. The lowest BCUT2D eigenvalue weighted by atomic mass is 9.85. The third-order valence-electron chi connectivity index (χ3n) is 3.04. The quantitative estimate of drug-likeness (QED) is 0.777. The van der Waals surface area contributed by atoms with Gasteiger partial charge in [0.2, 0.25) is 0 Å². The summed E-state index contributed by atoms with van der Waals surface area (Å²) in [5.74, 6) is -0.589. The highest BCUT2D eigenvalue weighted by Gasteiger charge is 2.20. The monoisotopic (exact) mass is 250 g/mol. The summed E-state index contributed by atoms with van der Waals surface area (Å²) in [4.78, 5) is 14.6. The van der Waals surface area contributed by atoms with Crippen molar-refractivity contribution in [1.82, 2.24) is 10.3 Å². The summed E-state index contributed by atoms with van der Waals surface area (Å²) < 4.78 is 0. The van der Waals surface area contributed by atoms with Crippen molar-refractivity contribution in [2.45, 2.75) is 32.6 Å². The van der Waals surface area contributed by atoms with E-state index < -0.39 is 5.97 Å². The minimum Gasteiger partial charge on any atom is -0.481 e. The second-order valence-electron chi connectivity index (χ2n) is 5.45. The Hall–Kier alpha value is -1.42. The van der Waals surface area contributed by atoms with E-state index in [4.69, 9.17) is 5.11 Å². The molecular weight excluding hydrogens is 228 g/mol. The van der Waals surface area contributed by atoms with Crippen LogP contribution in [0.1, 0.15) is 32.8 Å². The van der Waals surface area contributed by atoms with Gasteiger partial charge >= 0.3 is 5.97 Å². The first-order valence-electron chi connectivity index (χ1n) is 6.25. The summed E-state index contributed by atoms with van der Waals surface area (Å²) in [5, 5.41) is 12.0. The molecule has 1 aromatic rings. The predicted molar refractivity (Wildman–Crippen MR) is 71.5 cm³/mol. The number of aromatic nitrogens is 1. The van der Waals surface area contributed by atoms with Crippen LogP contribution in [0, 0.1) is 5.92 Å². The Labute approximate surface area is 108 Å². The number of rotatable bonds is 7. The van der Waals surface area contributed by atoms with Gasteiger partial charge in [0.1, 0.15) is 0 Å². The smallest absolute Gasteiger partial charge is 0.303 e. The first-order valence-corrected chi connectivity index (χ1v) is 6.25. The normalized spacial score (nSPS) is 13.3. The summed E-state index contributed by atoms with van der Waals surface area (Å²) in [5.41, 5.74) is 1.25. The minimum absolute atomic E-state index is 0.0197. The molecule has 0 spiro atoms. The molecule has 2 N–H and O–H groups in total. The van der Waals surface area contributed by atoms with E-state index in [1.165, 1.54) is 5.56 Å². The fourth-order valence-electron chi connectivity index (χ4n) is 1.91. The fourth-order valence-corrected chi connectivity index (χ4v) is 1.91. The van der Waals surface area contributed by atoms with Gasteiger partial charge in [0.25, 0.3) is 0 Å². The Bertz CT molecular complexity index is 377. The number of nitrogens with zero attached hydrogens (tertiary/aromatic N) is 1. The summed E-state index contributed by atoms with van der Waals surface area (Å²) in [7, 11) is 0. The molecule has 1 heterocycles. The van der Waals surface area contributed by atoms with Crippen molar-refractivity contribution < 1.29 is 9.90 Å². The van der Waals surface area contributed by atoms with Crippen LogP contribution in [-0.4, -0.2) is 29.1 Å². The molecule has 0 radical (unpaired) electrons. The lowest BCUT2D eigenvalue weighted by molar-refractivity contribution is -0.137. The van der Waals surface area contributed by atoms with Gasteiger partial charge in [-0.1, -0.05) is 20.8 Å². The molecule has 0 aliphatic rings. The maximum atomic E-state index is 10.6. The molecule has 1 atom stereocenters. The van der Waals surface area contributed by atoms with Gasteiger partial charge in [-0.15, -0.1) is 0 Å². The average Bonchev–Trinajstić information content (AvgIpc) is 2.29. The van der Waals surface area contributed by atoms with E-state index in [0.717, 1.165) is 13.1 Å². The van der Waals surface area contributed by atoms with Crippen molar-refractivity contribution in [3.8, 4) is 0 Å². The lowest BCUT2D eigenvalue weighted by Gasteiger charge is -2.26. The molecule has 0 fully saturated rings. The summed E-state index contributed by atoms with van der Waals surface area (Å²) in [6.07, 6.45) is 3.80. The molecule has 1 unspecified atom stereocenters. The highest BCUT2D eigenvalue weighted by molar-refractivity contribution is 5.66. The molecule has 0 bridgehead atoms. The molecule has 0 aromatic carbocycles. The molecule has 0 amide bonds. The van der Waals surface area contributed by atoms with Gasteiger partial charge in [-0.3, -0.25) is 9.78 Å². The number of pyridine rings is 1. The van der Waals surface area contributed by atoms with Crippen LogP contribution in [-0.2, 0) is 10.2 Å². The summed E-state index contributed by atoms with van der Waals surface area (Å²) in [6, 6.07) is 4.03. The SMILES string of the molecule is CC(CNCC(C)(C)c1ccncc1)CC(=O)O. The Balaban J connectivity index is 2.41. The van der Waals surface area contributed by atoms with E-state index in [2.05, 4.69) is 24.1 Å². The van der Waals surface area contributed by atoms with E-state index in [0.29, 0.717) is 0 Å². The Morgan fingerprint density at radius 1 is 1.44 bits per heavy atom. The number of carbonyl (C=O) groups is 1. The van der Waals surface area contributed by atoms with Crippen LogP contribution in [0.4, 0.5) is 0 Å². The van der Waals surface area contributed by atoms with Gasteiger partial charge < -0.3 is 10.4 Å². The van der Waals surface area contributed by atoms with Crippen molar-refractivity contribution in [1.29, 1.82) is 0 Å². The van der Waals surface area contributed by atoms with Crippen LogP contribution < -0.4 is 5.32 Å². The zero-order valence-electron chi connectivity index (χ0n) is 11.3. The molecule has 4 heteroatoms. The third-order valence-corrected chi connectivity index (χ3v) is 3.04. The zero-order valence-corrected chi connectivity index (χ0v) is 11.3. The predicted octanol–water partition coefficient (Wildman–Crippen LogP) is 2.06. The van der Waals surface area contributed by atoms with Crippen molar-refractivity contribution in [3.05, 3.63) is 30.1 Å². The van der Waals surface area contributed by atoms with Crippen LogP contribution in [0.15, 0.2) is 24.5 Å². The second kappa shape index (κ2) is 6.50. The molecular formula is C14H22N2O2. The van der Waals surface area contributed by atoms with Crippen LogP contribution in [0.5, 0.6) is 0 Å². The van der Waals surface area contributed by atoms with Gasteiger partial charge in [0, 0.05) is 30.8 Å². The van der Waals surface area contributed by atoms with Crippen molar-refractivity contribution in [2.75, 3.05) is 13.1 Å². The van der Waals surface area contributed by atoms with Crippen LogP contribution in [0.3, 0.4) is 0 Å². The molecule has 18 heavy (non-hydrogen) atoms. The fraction of sp³-hybridized carbons (Fsp3) is 0.571. The first-order chi connectivity index (χ1) is 8.42. The Morgan fingerprint density at radius 3 is 2.61 bits per heavy atom. The van der Waals surface area contributed by atoms with Crippen LogP contribution >= 0.6 is 0 Å². The molecule has 1 aromatic heterocycles. The molecule has 0 saturated carbocycles. The average molecular weight is 250 g/mol. The Kier molecular flexibility index (Phi) is 5.28. The summed E-state index contributed by atoms with van der Waals surface area (Å²) >= 11 is 0. The third kappa shape index (κ3) is 4.84. The van der Waals surface area contributed by atoms with Gasteiger partial charge in [0.15, 0.2) is 0 Å². The molecule has 0 aliphatic heterocycles. The molecule has 1 rings (SSSR count). The molecule has 100 valence electrons. The van der Waals surface area contributed by atoms with E-state index in [1.54, 1.807) is 12.4 Å². The standard InChI is InChI=1S/C14H22N2O2/c1-11(8-13(17)18)9-16-10-14(2,3)12-4-6-15-7-5-12/h4-7,11,16H,8-10H2,1-3H3,(H,17,18). The highest BCUT2D eigenvalue weighted by Crippen LogP contribution is 2.21. The lowest BCUT2D eigenvalue weighted by Crippen LogP contribution is -2.35. The number of aliphatic carboxylic acids is 1. The molecule has 0 aliphatic carbocycles. The summed E-state index contributed by atoms with van der Waals surface area (Å²) in [6.45, 7) is 7.82. The number of carboxylic acid groups (broad SMARTS) is 1. The van der Waals surface area contributed by atoms with E-state index in [1.807, 2.05) is 19.1 Å². The second-order valence-corrected chi connectivity index (χ2v) is 5.45. The van der Waals surface area contributed by atoms with Crippen LogP contribution in [0.2, 0.25) is 0 Å². The molecule has 0 saturated heterocycles. The van der Waals surface area contributed by atoms with Gasteiger partial charge in [0.05, 0.1) is 0 Å². The maximum Gasteiger partial charge on any atom is 0.303 e. The topological polar surface area (TPSA) is 62.2 Å². The van der Waals surface area contributed by atoms with Gasteiger partial charge in [-0.2, -0.15) is 0 Å². The largest absolute Gasteiger partial charge is 0.481 e. The Morgan fingerprint density at radius 2 is 2.06 bits per heavy atom. The van der Waals surface area contributed by atoms with Crippen molar-refractivity contribution in [2.24, 2.45) is 5.92 Å². The zero-order chi connectivity index (χ0) is 13.6. The maximum absolute atomic E-state index is 10.6. The van der Waals surface area contributed by atoms with E-state index in [-0.39, 0.29) is 17.8 Å². The van der Waals surface area contributed by atoms with Crippen LogP contribution in [0.25, 0.3) is 0 Å². The first kappa shape index (κ1) is 14.6.